The van der Waals surface area contributed by atoms with Gasteiger partial charge in [0.05, 0.1) is 12.3 Å². The van der Waals surface area contributed by atoms with Crippen molar-refractivity contribution < 1.29 is 9.53 Å². The topological polar surface area (TPSA) is 51.2 Å². The Bertz CT molecular complexity index is 903. The molecule has 0 saturated carbocycles. The summed E-state index contributed by atoms with van der Waals surface area (Å²) < 4.78 is 5.61. The summed E-state index contributed by atoms with van der Waals surface area (Å²) in [4.78, 5) is 18.2. The highest BCUT2D eigenvalue weighted by molar-refractivity contribution is 7.99. The molecule has 1 heterocycles. The van der Waals surface area contributed by atoms with E-state index >= 15 is 0 Å². The first-order valence-electron chi connectivity index (χ1n) is 9.32. The van der Waals surface area contributed by atoms with Crippen LogP contribution >= 0.6 is 23.1 Å². The van der Waals surface area contributed by atoms with E-state index in [-0.39, 0.29) is 5.91 Å². The lowest BCUT2D eigenvalue weighted by Gasteiger charge is -2.06. The van der Waals surface area contributed by atoms with Gasteiger partial charge in [0.15, 0.2) is 5.13 Å². The molecule has 1 amide bonds. The number of hydrogen-bond donors (Lipinski definition) is 1. The average molecular weight is 413 g/mol. The van der Waals surface area contributed by atoms with Crippen LogP contribution < -0.4 is 10.1 Å². The van der Waals surface area contributed by atoms with E-state index in [4.69, 9.17) is 4.74 Å². The third kappa shape index (κ3) is 5.59. The van der Waals surface area contributed by atoms with E-state index in [0.29, 0.717) is 22.6 Å². The smallest absolute Gasteiger partial charge is 0.257 e. The molecular weight excluding hydrogens is 388 g/mol. The summed E-state index contributed by atoms with van der Waals surface area (Å²) in [5.74, 6) is 0.707. The first kappa shape index (κ1) is 20.4. The highest BCUT2D eigenvalue weighted by Gasteiger charge is 2.11. The zero-order chi connectivity index (χ0) is 19.9. The molecular formula is C22H24N2O2S2. The van der Waals surface area contributed by atoms with Gasteiger partial charge in [-0.15, -0.1) is 23.1 Å². The minimum atomic E-state index is -0.148. The van der Waals surface area contributed by atoms with E-state index in [1.807, 2.05) is 53.9 Å². The summed E-state index contributed by atoms with van der Waals surface area (Å²) in [6.45, 7) is 7.09. The van der Waals surface area contributed by atoms with Crippen LogP contribution in [0.25, 0.3) is 11.3 Å². The van der Waals surface area contributed by atoms with Crippen molar-refractivity contribution in [2.75, 3.05) is 11.9 Å². The fraction of sp³-hybridized carbons (Fsp3) is 0.273. The Kier molecular flexibility index (Phi) is 7.12. The number of rotatable bonds is 8. The van der Waals surface area contributed by atoms with Gasteiger partial charge >= 0.3 is 0 Å². The number of nitrogens with one attached hydrogen (secondary N) is 1. The molecule has 0 aliphatic heterocycles. The third-order valence-corrected chi connectivity index (χ3v) is 5.61. The van der Waals surface area contributed by atoms with E-state index in [1.54, 1.807) is 11.8 Å². The van der Waals surface area contributed by atoms with Gasteiger partial charge in [0.25, 0.3) is 5.91 Å². The second kappa shape index (κ2) is 9.75. The van der Waals surface area contributed by atoms with Gasteiger partial charge in [-0.05, 0) is 55.0 Å². The Morgan fingerprint density at radius 3 is 2.50 bits per heavy atom. The molecule has 0 atom stereocenters. The van der Waals surface area contributed by atoms with Crippen molar-refractivity contribution in [1.82, 2.24) is 4.98 Å². The van der Waals surface area contributed by atoms with Crippen molar-refractivity contribution >= 4 is 34.1 Å². The van der Waals surface area contributed by atoms with E-state index in [2.05, 4.69) is 31.1 Å². The number of thiazole rings is 1. The quantitative estimate of drug-likeness (QED) is 0.438. The Balaban J connectivity index is 1.63. The van der Waals surface area contributed by atoms with Gasteiger partial charge in [-0.25, -0.2) is 4.98 Å². The van der Waals surface area contributed by atoms with Crippen LogP contribution in [-0.2, 0) is 0 Å². The van der Waals surface area contributed by atoms with Crippen LogP contribution in [0.3, 0.4) is 0 Å². The van der Waals surface area contributed by atoms with Gasteiger partial charge in [0, 0.05) is 26.7 Å². The van der Waals surface area contributed by atoms with Crippen molar-refractivity contribution in [1.29, 1.82) is 0 Å². The molecule has 0 aliphatic carbocycles. The first-order valence-corrected chi connectivity index (χ1v) is 11.1. The molecule has 0 saturated heterocycles. The van der Waals surface area contributed by atoms with Gasteiger partial charge in [-0.3, -0.25) is 10.1 Å². The number of benzene rings is 2. The Hall–Kier alpha value is -2.31. The lowest BCUT2D eigenvalue weighted by Crippen LogP contribution is -2.11. The molecule has 0 bridgehead atoms. The molecule has 0 aliphatic rings. The Morgan fingerprint density at radius 1 is 1.14 bits per heavy atom. The molecule has 0 spiro atoms. The number of thioether (sulfide) groups is 1. The van der Waals surface area contributed by atoms with Crippen LogP contribution in [0.4, 0.5) is 5.13 Å². The van der Waals surface area contributed by atoms with Gasteiger partial charge < -0.3 is 4.74 Å². The Morgan fingerprint density at radius 2 is 1.86 bits per heavy atom. The minimum Gasteiger partial charge on any atom is -0.494 e. The summed E-state index contributed by atoms with van der Waals surface area (Å²) in [7, 11) is 0. The van der Waals surface area contributed by atoms with Crippen molar-refractivity contribution in [3.05, 3.63) is 59.5 Å². The van der Waals surface area contributed by atoms with Crippen molar-refractivity contribution in [2.24, 2.45) is 0 Å². The van der Waals surface area contributed by atoms with Crippen LogP contribution in [0.2, 0.25) is 0 Å². The van der Waals surface area contributed by atoms with Crippen LogP contribution in [0.1, 0.15) is 37.6 Å². The Labute approximate surface area is 174 Å². The molecule has 0 radical (unpaired) electrons. The van der Waals surface area contributed by atoms with Gasteiger partial charge in [-0.1, -0.05) is 20.8 Å². The second-order valence-electron chi connectivity index (χ2n) is 6.56. The lowest BCUT2D eigenvalue weighted by molar-refractivity contribution is 0.102. The van der Waals surface area contributed by atoms with E-state index in [1.165, 1.54) is 11.3 Å². The van der Waals surface area contributed by atoms with Crippen LogP contribution in [-0.4, -0.2) is 22.7 Å². The summed E-state index contributed by atoms with van der Waals surface area (Å²) in [5.41, 5.74) is 2.46. The van der Waals surface area contributed by atoms with E-state index < -0.39 is 0 Å². The van der Waals surface area contributed by atoms with Crippen LogP contribution in [0.15, 0.2) is 58.8 Å². The largest absolute Gasteiger partial charge is 0.494 e. The second-order valence-corrected chi connectivity index (χ2v) is 9.06. The van der Waals surface area contributed by atoms with E-state index in [0.717, 1.165) is 28.3 Å². The minimum absolute atomic E-state index is 0.148. The zero-order valence-electron chi connectivity index (χ0n) is 16.3. The standard InChI is InChI=1S/C22H24N2O2S2/c1-4-13-26-18-9-5-16(6-10-18)20-14-27-22(23-20)24-21(25)17-7-11-19(12-8-17)28-15(2)3/h5-12,14-15H,4,13H2,1-3H3,(H,23,24,25). The van der Waals surface area contributed by atoms with Gasteiger partial charge in [0.1, 0.15) is 5.75 Å². The van der Waals surface area contributed by atoms with Gasteiger partial charge in [-0.2, -0.15) is 0 Å². The van der Waals surface area contributed by atoms with Gasteiger partial charge in [0.2, 0.25) is 0 Å². The number of carbonyl (C=O) groups is 1. The highest BCUT2D eigenvalue weighted by atomic mass is 32.2. The van der Waals surface area contributed by atoms with E-state index in [9.17, 15) is 4.79 Å². The molecule has 4 nitrogen and oxygen atoms in total. The number of amides is 1. The number of nitrogens with zero attached hydrogens (tertiary/aromatic N) is 1. The molecule has 1 aromatic heterocycles. The van der Waals surface area contributed by atoms with Crippen LogP contribution in [0.5, 0.6) is 5.75 Å². The molecule has 28 heavy (non-hydrogen) atoms. The van der Waals surface area contributed by atoms with Crippen molar-refractivity contribution in [2.45, 2.75) is 37.3 Å². The molecule has 0 unspecified atom stereocenters. The molecule has 3 rings (SSSR count). The molecule has 0 fully saturated rings. The molecule has 146 valence electrons. The van der Waals surface area contributed by atoms with Crippen molar-refractivity contribution in [3.63, 3.8) is 0 Å². The fourth-order valence-corrected chi connectivity index (χ4v) is 4.08. The normalized spacial score (nSPS) is 10.9. The SMILES string of the molecule is CCCOc1ccc(-c2csc(NC(=O)c3ccc(SC(C)C)cc3)n2)cc1. The summed E-state index contributed by atoms with van der Waals surface area (Å²) in [6, 6.07) is 15.5. The predicted molar refractivity (Wildman–Crippen MR) is 119 cm³/mol. The summed E-state index contributed by atoms with van der Waals surface area (Å²) in [5, 5.41) is 5.93. The maximum Gasteiger partial charge on any atom is 0.257 e. The number of aromatic nitrogens is 1. The monoisotopic (exact) mass is 412 g/mol. The third-order valence-electron chi connectivity index (χ3n) is 3.84. The average Bonchev–Trinajstić information content (AvgIpc) is 3.15. The fourth-order valence-electron chi connectivity index (χ4n) is 2.53. The number of hydrogen-bond acceptors (Lipinski definition) is 5. The predicted octanol–water partition coefficient (Wildman–Crippen LogP) is 6.35. The molecule has 3 aromatic rings. The lowest BCUT2D eigenvalue weighted by atomic mass is 10.2. The summed E-state index contributed by atoms with van der Waals surface area (Å²) in [6.07, 6.45) is 0.982. The number of carbonyl (C=O) groups excluding carboxylic acids is 1. The maximum atomic E-state index is 12.5. The highest BCUT2D eigenvalue weighted by Crippen LogP contribution is 2.27. The zero-order valence-corrected chi connectivity index (χ0v) is 17.9. The maximum absolute atomic E-state index is 12.5. The molecule has 1 N–H and O–H groups in total. The summed E-state index contributed by atoms with van der Waals surface area (Å²) >= 11 is 3.20. The molecule has 2 aromatic carbocycles. The first-order chi connectivity index (χ1) is 13.5. The van der Waals surface area contributed by atoms with Crippen LogP contribution in [0, 0.1) is 0 Å². The molecule has 6 heteroatoms. The number of anilines is 1. The van der Waals surface area contributed by atoms with Crippen molar-refractivity contribution in [3.8, 4) is 17.0 Å². The number of ether oxygens (including phenoxy) is 1.